The van der Waals surface area contributed by atoms with Gasteiger partial charge in [0.25, 0.3) is 5.56 Å². The van der Waals surface area contributed by atoms with E-state index >= 15 is 0 Å². The standard InChI is InChI=1S/C19H14ClN5O2/c1-24-17-15(10-22-16(23-17)13-6-8-21-9-7-13)18(26)25(19(24)27)11-12-2-4-14(20)5-3-12/h2-10H,11H2,1H3. The van der Waals surface area contributed by atoms with Crippen LogP contribution in [0.5, 0.6) is 0 Å². The van der Waals surface area contributed by atoms with Gasteiger partial charge in [-0.2, -0.15) is 0 Å². The molecule has 0 unspecified atom stereocenters. The first-order chi connectivity index (χ1) is 13.0. The molecule has 0 saturated carbocycles. The maximum atomic E-state index is 12.9. The third kappa shape index (κ3) is 3.13. The van der Waals surface area contributed by atoms with Crippen molar-refractivity contribution in [1.29, 1.82) is 0 Å². The van der Waals surface area contributed by atoms with Crippen molar-refractivity contribution in [3.63, 3.8) is 0 Å². The summed E-state index contributed by atoms with van der Waals surface area (Å²) < 4.78 is 2.53. The van der Waals surface area contributed by atoms with Crippen molar-refractivity contribution in [1.82, 2.24) is 24.1 Å². The highest BCUT2D eigenvalue weighted by Crippen LogP contribution is 2.15. The largest absolute Gasteiger partial charge is 0.332 e. The Labute approximate surface area is 158 Å². The zero-order valence-corrected chi connectivity index (χ0v) is 15.1. The summed E-state index contributed by atoms with van der Waals surface area (Å²) in [7, 11) is 1.59. The van der Waals surface area contributed by atoms with E-state index in [1.165, 1.54) is 15.3 Å². The Morgan fingerprint density at radius 3 is 2.44 bits per heavy atom. The van der Waals surface area contributed by atoms with Crippen LogP contribution in [-0.4, -0.2) is 24.1 Å². The number of pyridine rings is 1. The van der Waals surface area contributed by atoms with Crippen molar-refractivity contribution in [2.45, 2.75) is 6.54 Å². The van der Waals surface area contributed by atoms with E-state index in [2.05, 4.69) is 15.0 Å². The van der Waals surface area contributed by atoms with Crippen LogP contribution < -0.4 is 11.2 Å². The lowest BCUT2D eigenvalue weighted by Crippen LogP contribution is -2.39. The molecular formula is C19H14ClN5O2. The van der Waals surface area contributed by atoms with Crippen molar-refractivity contribution in [2.75, 3.05) is 0 Å². The first kappa shape index (κ1) is 17.1. The fraction of sp³-hybridized carbons (Fsp3) is 0.105. The average Bonchev–Trinajstić information content (AvgIpc) is 2.71. The number of fused-ring (bicyclic) bond motifs is 1. The lowest BCUT2D eigenvalue weighted by molar-refractivity contribution is 0.656. The minimum absolute atomic E-state index is 0.144. The predicted octanol–water partition coefficient (Wildman–Crippen LogP) is 2.25. The fourth-order valence-corrected chi connectivity index (χ4v) is 2.96. The second-order valence-electron chi connectivity index (χ2n) is 6.03. The zero-order chi connectivity index (χ0) is 19.0. The van der Waals surface area contributed by atoms with E-state index in [0.29, 0.717) is 16.5 Å². The first-order valence-electron chi connectivity index (χ1n) is 8.16. The monoisotopic (exact) mass is 379 g/mol. The number of hydrogen-bond acceptors (Lipinski definition) is 5. The van der Waals surface area contributed by atoms with E-state index in [9.17, 15) is 9.59 Å². The van der Waals surface area contributed by atoms with Gasteiger partial charge in [-0.05, 0) is 29.8 Å². The Bertz CT molecular complexity index is 1250. The fourth-order valence-electron chi connectivity index (χ4n) is 2.84. The van der Waals surface area contributed by atoms with Crippen LogP contribution in [0.1, 0.15) is 5.56 Å². The van der Waals surface area contributed by atoms with Crippen LogP contribution in [0, 0.1) is 0 Å². The van der Waals surface area contributed by atoms with Gasteiger partial charge in [0.1, 0.15) is 5.39 Å². The van der Waals surface area contributed by atoms with Crippen LogP contribution in [-0.2, 0) is 13.6 Å². The maximum absolute atomic E-state index is 12.9. The summed E-state index contributed by atoms with van der Waals surface area (Å²) >= 11 is 5.89. The highest BCUT2D eigenvalue weighted by Gasteiger charge is 2.14. The molecule has 0 spiro atoms. The zero-order valence-electron chi connectivity index (χ0n) is 14.3. The Morgan fingerprint density at radius 1 is 1.04 bits per heavy atom. The van der Waals surface area contributed by atoms with Gasteiger partial charge in [-0.15, -0.1) is 0 Å². The van der Waals surface area contributed by atoms with Crippen LogP contribution in [0.2, 0.25) is 5.02 Å². The normalized spacial score (nSPS) is 11.0. The second kappa shape index (κ2) is 6.77. The second-order valence-corrected chi connectivity index (χ2v) is 6.46. The molecule has 1 aromatic carbocycles. The predicted molar refractivity (Wildman–Crippen MR) is 103 cm³/mol. The van der Waals surface area contributed by atoms with E-state index < -0.39 is 11.2 Å². The molecule has 0 saturated heterocycles. The molecule has 7 nitrogen and oxygen atoms in total. The molecule has 0 aliphatic heterocycles. The Morgan fingerprint density at radius 2 is 1.74 bits per heavy atom. The van der Waals surface area contributed by atoms with Crippen molar-refractivity contribution >= 4 is 22.6 Å². The van der Waals surface area contributed by atoms with Gasteiger partial charge >= 0.3 is 5.69 Å². The van der Waals surface area contributed by atoms with Crippen LogP contribution in [0.4, 0.5) is 0 Å². The quantitative estimate of drug-likeness (QED) is 0.545. The van der Waals surface area contributed by atoms with Crippen LogP contribution in [0.3, 0.4) is 0 Å². The minimum atomic E-state index is -0.443. The highest BCUT2D eigenvalue weighted by atomic mass is 35.5. The SMILES string of the molecule is Cn1c(=O)n(Cc2ccc(Cl)cc2)c(=O)c2cnc(-c3ccncc3)nc21. The van der Waals surface area contributed by atoms with Gasteiger partial charge < -0.3 is 0 Å². The van der Waals surface area contributed by atoms with Gasteiger partial charge in [-0.1, -0.05) is 23.7 Å². The number of halogens is 1. The Hall–Kier alpha value is -3.32. The Kier molecular flexibility index (Phi) is 4.29. The third-order valence-electron chi connectivity index (χ3n) is 4.27. The molecule has 0 fully saturated rings. The Balaban J connectivity index is 1.87. The first-order valence-corrected chi connectivity index (χ1v) is 8.54. The van der Waals surface area contributed by atoms with Crippen molar-refractivity contribution in [3.05, 3.63) is 86.4 Å². The molecule has 27 heavy (non-hydrogen) atoms. The molecule has 4 rings (SSSR count). The lowest BCUT2D eigenvalue weighted by Gasteiger charge is -2.11. The number of hydrogen-bond donors (Lipinski definition) is 0. The molecule has 0 aliphatic carbocycles. The average molecular weight is 380 g/mol. The molecule has 0 radical (unpaired) electrons. The molecule has 4 aromatic rings. The van der Waals surface area contributed by atoms with Gasteiger partial charge in [0.05, 0.1) is 6.54 Å². The summed E-state index contributed by atoms with van der Waals surface area (Å²) in [6.45, 7) is 0.144. The smallest absolute Gasteiger partial charge is 0.280 e. The number of benzene rings is 1. The van der Waals surface area contributed by atoms with E-state index in [4.69, 9.17) is 11.6 Å². The summed E-state index contributed by atoms with van der Waals surface area (Å²) in [6, 6.07) is 10.5. The van der Waals surface area contributed by atoms with Crippen LogP contribution in [0.15, 0.2) is 64.6 Å². The summed E-state index contributed by atoms with van der Waals surface area (Å²) in [4.78, 5) is 38.3. The molecule has 0 atom stereocenters. The highest BCUT2D eigenvalue weighted by molar-refractivity contribution is 6.30. The van der Waals surface area contributed by atoms with Crippen LogP contribution in [0.25, 0.3) is 22.4 Å². The molecular weight excluding hydrogens is 366 g/mol. The molecule has 3 heterocycles. The number of nitrogens with zero attached hydrogens (tertiary/aromatic N) is 5. The van der Waals surface area contributed by atoms with Gasteiger partial charge in [0, 0.05) is 36.2 Å². The van der Waals surface area contributed by atoms with Crippen molar-refractivity contribution < 1.29 is 0 Å². The van der Waals surface area contributed by atoms with E-state index in [0.717, 1.165) is 11.1 Å². The summed E-state index contributed by atoms with van der Waals surface area (Å²) in [5.74, 6) is 0.426. The van der Waals surface area contributed by atoms with Crippen LogP contribution >= 0.6 is 11.6 Å². The molecule has 0 aliphatic rings. The molecule has 134 valence electrons. The molecule has 8 heteroatoms. The molecule has 0 amide bonds. The van der Waals surface area contributed by atoms with Gasteiger partial charge in [0.2, 0.25) is 0 Å². The summed E-state index contributed by atoms with van der Waals surface area (Å²) in [5, 5.41) is 0.874. The molecule has 3 aromatic heterocycles. The molecule has 0 N–H and O–H groups in total. The van der Waals surface area contributed by atoms with Gasteiger partial charge in [-0.25, -0.2) is 14.8 Å². The summed E-state index contributed by atoms with van der Waals surface area (Å²) in [6.07, 6.45) is 4.72. The maximum Gasteiger partial charge on any atom is 0.332 e. The van der Waals surface area contributed by atoms with E-state index in [-0.39, 0.29) is 11.9 Å². The number of aryl methyl sites for hydroxylation is 1. The molecule has 0 bridgehead atoms. The number of aromatic nitrogens is 5. The van der Waals surface area contributed by atoms with Gasteiger partial charge in [-0.3, -0.25) is 18.9 Å². The topological polar surface area (TPSA) is 82.7 Å². The van der Waals surface area contributed by atoms with Crippen molar-refractivity contribution in [3.8, 4) is 11.4 Å². The minimum Gasteiger partial charge on any atom is -0.280 e. The van der Waals surface area contributed by atoms with E-state index in [1.807, 2.05) is 0 Å². The van der Waals surface area contributed by atoms with Gasteiger partial charge in [0.15, 0.2) is 11.5 Å². The third-order valence-corrected chi connectivity index (χ3v) is 4.52. The lowest BCUT2D eigenvalue weighted by atomic mass is 10.2. The summed E-state index contributed by atoms with van der Waals surface area (Å²) in [5.41, 5.74) is 0.974. The number of rotatable bonds is 3. The van der Waals surface area contributed by atoms with E-state index in [1.54, 1.807) is 55.8 Å². The van der Waals surface area contributed by atoms with Crippen molar-refractivity contribution in [2.24, 2.45) is 7.05 Å².